The van der Waals surface area contributed by atoms with Gasteiger partial charge in [-0.25, -0.2) is 10.1 Å². The third-order valence-electron chi connectivity index (χ3n) is 3.81. The lowest BCUT2D eigenvalue weighted by atomic mass is 10.1. The van der Waals surface area contributed by atoms with E-state index in [0.717, 1.165) is 22.2 Å². The van der Waals surface area contributed by atoms with Gasteiger partial charge in [0.05, 0.1) is 11.2 Å². The van der Waals surface area contributed by atoms with Gasteiger partial charge in [0.2, 0.25) is 0 Å². The number of H-pyrrole nitrogens is 1. The summed E-state index contributed by atoms with van der Waals surface area (Å²) in [7, 11) is 0. The van der Waals surface area contributed by atoms with Gasteiger partial charge in [-0.1, -0.05) is 41.6 Å². The van der Waals surface area contributed by atoms with Crippen molar-refractivity contribution in [2.75, 3.05) is 0 Å². The van der Waals surface area contributed by atoms with Crippen LogP contribution in [0.1, 0.15) is 11.4 Å². The van der Waals surface area contributed by atoms with E-state index in [1.165, 1.54) is 0 Å². The van der Waals surface area contributed by atoms with Gasteiger partial charge in [0.1, 0.15) is 24.1 Å². The molecule has 0 aliphatic heterocycles. The number of para-hydroxylation sites is 1. The molecule has 2 aromatic carbocycles. The maximum Gasteiger partial charge on any atom is 0.163 e. The minimum Gasteiger partial charge on any atom is -0.487 e. The standard InChI is InChI=1S/C19H13N5O/c20-11-18-19(23-24-22-18)14-5-3-6-16(10-14)25-12-15-9-8-13-4-1-2-7-17(13)21-15/h1-10H,12H2,(H,22,23,24). The molecule has 0 aliphatic carbocycles. The van der Waals surface area contributed by atoms with Gasteiger partial charge in [-0.05, 0) is 24.3 Å². The van der Waals surface area contributed by atoms with Crippen LogP contribution in [0.2, 0.25) is 0 Å². The molecular formula is C19H13N5O. The summed E-state index contributed by atoms with van der Waals surface area (Å²) in [6.07, 6.45) is 0. The van der Waals surface area contributed by atoms with E-state index in [1.54, 1.807) is 0 Å². The molecule has 1 N–H and O–H groups in total. The Morgan fingerprint density at radius 3 is 2.88 bits per heavy atom. The van der Waals surface area contributed by atoms with E-state index in [-0.39, 0.29) is 0 Å². The highest BCUT2D eigenvalue weighted by Crippen LogP contribution is 2.24. The molecule has 0 atom stereocenters. The maximum absolute atomic E-state index is 9.08. The molecule has 2 aromatic heterocycles. The number of nitrogens with zero attached hydrogens (tertiary/aromatic N) is 4. The van der Waals surface area contributed by atoms with Crippen LogP contribution < -0.4 is 4.74 Å². The highest BCUT2D eigenvalue weighted by Gasteiger charge is 2.10. The molecule has 0 radical (unpaired) electrons. The van der Waals surface area contributed by atoms with Crippen LogP contribution in [0.3, 0.4) is 0 Å². The Morgan fingerprint density at radius 1 is 1.04 bits per heavy atom. The molecule has 4 aromatic rings. The smallest absolute Gasteiger partial charge is 0.163 e. The van der Waals surface area contributed by atoms with Gasteiger partial charge in [-0.15, -0.1) is 5.10 Å². The number of nitrogens with one attached hydrogen (secondary N) is 1. The van der Waals surface area contributed by atoms with E-state index < -0.39 is 0 Å². The second-order valence-corrected chi connectivity index (χ2v) is 5.46. The summed E-state index contributed by atoms with van der Waals surface area (Å²) >= 11 is 0. The Bertz CT molecular complexity index is 1080. The van der Waals surface area contributed by atoms with Crippen molar-refractivity contribution in [2.24, 2.45) is 0 Å². The van der Waals surface area contributed by atoms with E-state index in [1.807, 2.05) is 66.7 Å². The third-order valence-corrected chi connectivity index (χ3v) is 3.81. The summed E-state index contributed by atoms with van der Waals surface area (Å²) in [6.45, 7) is 0.359. The molecule has 120 valence electrons. The summed E-state index contributed by atoms with van der Waals surface area (Å²) in [5.41, 5.74) is 3.40. The lowest BCUT2D eigenvalue weighted by molar-refractivity contribution is 0.302. The molecule has 25 heavy (non-hydrogen) atoms. The molecule has 0 fully saturated rings. The second kappa shape index (κ2) is 6.42. The summed E-state index contributed by atoms with van der Waals surface area (Å²) in [5.74, 6) is 0.680. The van der Waals surface area contributed by atoms with Gasteiger partial charge >= 0.3 is 0 Å². The van der Waals surface area contributed by atoms with Crippen molar-refractivity contribution >= 4 is 10.9 Å². The van der Waals surface area contributed by atoms with Gasteiger partial charge in [-0.3, -0.25) is 0 Å². The van der Waals surface area contributed by atoms with Crippen LogP contribution in [0, 0.1) is 11.3 Å². The molecule has 6 heteroatoms. The predicted molar refractivity (Wildman–Crippen MR) is 92.6 cm³/mol. The largest absolute Gasteiger partial charge is 0.487 e. The van der Waals surface area contributed by atoms with Crippen molar-refractivity contribution in [2.45, 2.75) is 6.61 Å². The number of hydrogen-bond acceptors (Lipinski definition) is 5. The number of benzene rings is 2. The van der Waals surface area contributed by atoms with Crippen LogP contribution in [0.15, 0.2) is 60.7 Å². The van der Waals surface area contributed by atoms with Gasteiger partial charge in [0.25, 0.3) is 0 Å². The number of nitriles is 1. The second-order valence-electron chi connectivity index (χ2n) is 5.46. The molecule has 0 spiro atoms. The molecule has 0 amide bonds. The fourth-order valence-electron chi connectivity index (χ4n) is 2.59. The van der Waals surface area contributed by atoms with Crippen LogP contribution in [0.4, 0.5) is 0 Å². The Labute approximate surface area is 143 Å². The van der Waals surface area contributed by atoms with Crippen LogP contribution in [-0.2, 0) is 6.61 Å². The average molecular weight is 327 g/mol. The number of pyridine rings is 1. The Morgan fingerprint density at radius 2 is 1.96 bits per heavy atom. The molecule has 0 unspecified atom stereocenters. The first-order chi connectivity index (χ1) is 12.3. The minimum absolute atomic E-state index is 0.327. The predicted octanol–water partition coefficient (Wildman–Crippen LogP) is 3.47. The molecular weight excluding hydrogens is 314 g/mol. The van der Waals surface area contributed by atoms with Crippen LogP contribution in [0.5, 0.6) is 5.75 Å². The minimum atomic E-state index is 0.327. The number of hydrogen-bond donors (Lipinski definition) is 1. The molecule has 0 aliphatic rings. The fourth-order valence-corrected chi connectivity index (χ4v) is 2.59. The van der Waals surface area contributed by atoms with Crippen LogP contribution >= 0.6 is 0 Å². The first kappa shape index (κ1) is 14.8. The first-order valence-electron chi connectivity index (χ1n) is 7.72. The van der Waals surface area contributed by atoms with Crippen LogP contribution in [0.25, 0.3) is 22.2 Å². The average Bonchev–Trinajstić information content (AvgIpc) is 3.15. The monoisotopic (exact) mass is 327 g/mol. The molecule has 0 saturated carbocycles. The summed E-state index contributed by atoms with van der Waals surface area (Å²) in [5, 5.41) is 20.4. The zero-order valence-electron chi connectivity index (χ0n) is 13.2. The SMILES string of the molecule is N#Cc1[nH]nnc1-c1cccc(OCc2ccc3ccccc3n2)c1. The zero-order chi connectivity index (χ0) is 17.1. The van der Waals surface area contributed by atoms with E-state index in [0.29, 0.717) is 23.7 Å². The molecule has 0 saturated heterocycles. The Kier molecular flexibility index (Phi) is 3.81. The van der Waals surface area contributed by atoms with Crippen molar-refractivity contribution < 1.29 is 4.74 Å². The highest BCUT2D eigenvalue weighted by atomic mass is 16.5. The van der Waals surface area contributed by atoms with Crippen molar-refractivity contribution in [1.82, 2.24) is 20.4 Å². The van der Waals surface area contributed by atoms with E-state index >= 15 is 0 Å². The van der Waals surface area contributed by atoms with Crippen molar-refractivity contribution in [3.8, 4) is 23.1 Å². The number of fused-ring (bicyclic) bond motifs is 1. The number of aromatic nitrogens is 4. The molecule has 2 heterocycles. The zero-order valence-corrected chi connectivity index (χ0v) is 13.2. The lowest BCUT2D eigenvalue weighted by Crippen LogP contribution is -1.98. The van der Waals surface area contributed by atoms with Gasteiger partial charge in [-0.2, -0.15) is 5.26 Å². The van der Waals surface area contributed by atoms with E-state index in [9.17, 15) is 0 Å². The van der Waals surface area contributed by atoms with Gasteiger partial charge in [0.15, 0.2) is 5.69 Å². The lowest BCUT2D eigenvalue weighted by Gasteiger charge is -2.08. The first-order valence-corrected chi connectivity index (χ1v) is 7.72. The van der Waals surface area contributed by atoms with Gasteiger partial charge < -0.3 is 4.74 Å². The van der Waals surface area contributed by atoms with E-state index in [4.69, 9.17) is 10.00 Å². The molecule has 0 bridgehead atoms. The van der Waals surface area contributed by atoms with Crippen molar-refractivity contribution in [3.63, 3.8) is 0 Å². The van der Waals surface area contributed by atoms with Crippen molar-refractivity contribution in [3.05, 3.63) is 72.1 Å². The van der Waals surface area contributed by atoms with E-state index in [2.05, 4.69) is 20.4 Å². The molecule has 4 rings (SSSR count). The molecule has 6 nitrogen and oxygen atoms in total. The Balaban J connectivity index is 1.55. The topological polar surface area (TPSA) is 87.5 Å². The summed E-state index contributed by atoms with van der Waals surface area (Å²) in [4.78, 5) is 4.59. The normalized spacial score (nSPS) is 10.5. The summed E-state index contributed by atoms with van der Waals surface area (Å²) in [6, 6.07) is 21.4. The Hall–Kier alpha value is -3.72. The quantitative estimate of drug-likeness (QED) is 0.620. The third kappa shape index (κ3) is 3.03. The fraction of sp³-hybridized carbons (Fsp3) is 0.0526. The van der Waals surface area contributed by atoms with Gasteiger partial charge in [0, 0.05) is 10.9 Å². The number of rotatable bonds is 4. The number of aromatic amines is 1. The highest BCUT2D eigenvalue weighted by molar-refractivity contribution is 5.78. The van der Waals surface area contributed by atoms with Crippen LogP contribution in [-0.4, -0.2) is 20.4 Å². The van der Waals surface area contributed by atoms with Crippen molar-refractivity contribution in [1.29, 1.82) is 5.26 Å². The maximum atomic E-state index is 9.08. The summed E-state index contributed by atoms with van der Waals surface area (Å²) < 4.78 is 5.85. The number of ether oxygens (including phenoxy) is 1.